The zero-order valence-corrected chi connectivity index (χ0v) is 12.3. The van der Waals surface area contributed by atoms with Crippen molar-refractivity contribution < 1.29 is 9.47 Å². The topological polar surface area (TPSA) is 30.5 Å². The Morgan fingerprint density at radius 3 is 2.47 bits per heavy atom. The highest BCUT2D eigenvalue weighted by atomic mass is 16.5. The number of methoxy groups -OCH3 is 2. The van der Waals surface area contributed by atoms with E-state index in [1.807, 2.05) is 6.07 Å². The van der Waals surface area contributed by atoms with Gasteiger partial charge in [0.25, 0.3) is 0 Å². The molecular weight excluding hydrogens is 238 g/mol. The summed E-state index contributed by atoms with van der Waals surface area (Å²) < 4.78 is 10.9. The molecule has 0 unspecified atom stereocenters. The smallest absolute Gasteiger partial charge is 0.126 e. The van der Waals surface area contributed by atoms with E-state index < -0.39 is 0 Å². The van der Waals surface area contributed by atoms with Gasteiger partial charge < -0.3 is 14.8 Å². The number of nitrogens with one attached hydrogen (secondary N) is 1. The van der Waals surface area contributed by atoms with Gasteiger partial charge in [0.2, 0.25) is 0 Å². The summed E-state index contributed by atoms with van der Waals surface area (Å²) in [5.74, 6) is 2.65. The molecule has 1 fully saturated rings. The van der Waals surface area contributed by atoms with E-state index in [4.69, 9.17) is 9.47 Å². The standard InChI is InChI=1S/C16H25NO2/c1-4-15-13(9-12-5-7-17-8-6-12)10-14(18-2)11-16(15)19-3/h10-12,17H,4-9H2,1-3H3. The molecule has 0 spiro atoms. The first-order valence-corrected chi connectivity index (χ1v) is 7.23. The summed E-state index contributed by atoms with van der Waals surface area (Å²) in [6.07, 6.45) is 4.68. The highest BCUT2D eigenvalue weighted by Gasteiger charge is 2.17. The zero-order valence-electron chi connectivity index (χ0n) is 12.3. The minimum atomic E-state index is 0.781. The van der Waals surface area contributed by atoms with Crippen LogP contribution in [0.25, 0.3) is 0 Å². The molecule has 1 saturated heterocycles. The Bertz CT molecular complexity index is 411. The molecule has 0 atom stereocenters. The van der Waals surface area contributed by atoms with Crippen LogP contribution < -0.4 is 14.8 Å². The van der Waals surface area contributed by atoms with Gasteiger partial charge in [-0.3, -0.25) is 0 Å². The SMILES string of the molecule is CCc1c(CC2CCNCC2)cc(OC)cc1OC. The van der Waals surface area contributed by atoms with Crippen LogP contribution in [0.5, 0.6) is 11.5 Å². The van der Waals surface area contributed by atoms with Crippen LogP contribution in [0.4, 0.5) is 0 Å². The van der Waals surface area contributed by atoms with Gasteiger partial charge in [-0.05, 0) is 61.9 Å². The number of hydrogen-bond donors (Lipinski definition) is 1. The van der Waals surface area contributed by atoms with Gasteiger partial charge >= 0.3 is 0 Å². The minimum absolute atomic E-state index is 0.781. The zero-order chi connectivity index (χ0) is 13.7. The number of rotatable bonds is 5. The summed E-state index contributed by atoms with van der Waals surface area (Å²) in [7, 11) is 3.46. The largest absolute Gasteiger partial charge is 0.497 e. The van der Waals surface area contributed by atoms with E-state index in [0.29, 0.717) is 0 Å². The van der Waals surface area contributed by atoms with E-state index >= 15 is 0 Å². The van der Waals surface area contributed by atoms with Crippen LogP contribution in [-0.2, 0) is 12.8 Å². The summed E-state index contributed by atoms with van der Waals surface area (Å²) in [4.78, 5) is 0. The van der Waals surface area contributed by atoms with Crippen molar-refractivity contribution in [3.63, 3.8) is 0 Å². The van der Waals surface area contributed by atoms with Gasteiger partial charge in [-0.2, -0.15) is 0 Å². The molecule has 2 rings (SSSR count). The van der Waals surface area contributed by atoms with Gasteiger partial charge in [0.1, 0.15) is 11.5 Å². The van der Waals surface area contributed by atoms with Crippen molar-refractivity contribution in [1.82, 2.24) is 5.32 Å². The normalized spacial score (nSPS) is 16.4. The Balaban J connectivity index is 2.25. The quantitative estimate of drug-likeness (QED) is 0.886. The molecule has 1 aromatic carbocycles. The number of hydrogen-bond acceptors (Lipinski definition) is 3. The summed E-state index contributed by atoms with van der Waals surface area (Å²) in [5.41, 5.74) is 2.73. The number of ether oxygens (including phenoxy) is 2. The summed E-state index contributed by atoms with van der Waals surface area (Å²) >= 11 is 0. The Morgan fingerprint density at radius 1 is 1.16 bits per heavy atom. The second-order valence-electron chi connectivity index (χ2n) is 5.22. The average molecular weight is 263 g/mol. The summed E-state index contributed by atoms with van der Waals surface area (Å²) in [6.45, 7) is 4.48. The summed E-state index contributed by atoms with van der Waals surface area (Å²) in [5, 5.41) is 3.42. The van der Waals surface area contributed by atoms with Crippen molar-refractivity contribution in [2.24, 2.45) is 5.92 Å². The first-order chi connectivity index (χ1) is 9.28. The van der Waals surface area contributed by atoms with Crippen molar-refractivity contribution in [2.45, 2.75) is 32.6 Å². The molecule has 0 aromatic heterocycles. The van der Waals surface area contributed by atoms with Crippen molar-refractivity contribution in [1.29, 1.82) is 0 Å². The van der Waals surface area contributed by atoms with Crippen LogP contribution in [0.2, 0.25) is 0 Å². The van der Waals surface area contributed by atoms with Gasteiger partial charge in [0.15, 0.2) is 0 Å². The fourth-order valence-corrected chi connectivity index (χ4v) is 2.96. The van der Waals surface area contributed by atoms with Crippen LogP contribution in [0.3, 0.4) is 0 Å². The molecule has 3 heteroatoms. The van der Waals surface area contributed by atoms with Crippen LogP contribution in [-0.4, -0.2) is 27.3 Å². The van der Waals surface area contributed by atoms with Gasteiger partial charge in [-0.15, -0.1) is 0 Å². The van der Waals surface area contributed by atoms with Gasteiger partial charge in [-0.1, -0.05) is 6.92 Å². The second-order valence-corrected chi connectivity index (χ2v) is 5.22. The maximum absolute atomic E-state index is 5.52. The second kappa shape index (κ2) is 6.80. The molecule has 19 heavy (non-hydrogen) atoms. The van der Waals surface area contributed by atoms with E-state index in [1.165, 1.54) is 24.0 Å². The highest BCUT2D eigenvalue weighted by Crippen LogP contribution is 2.32. The van der Waals surface area contributed by atoms with Gasteiger partial charge in [-0.25, -0.2) is 0 Å². The lowest BCUT2D eigenvalue weighted by Gasteiger charge is -2.24. The molecule has 0 radical (unpaired) electrons. The minimum Gasteiger partial charge on any atom is -0.497 e. The van der Waals surface area contributed by atoms with Crippen LogP contribution >= 0.6 is 0 Å². The first kappa shape index (κ1) is 14.2. The van der Waals surface area contributed by atoms with Crippen molar-refractivity contribution in [3.05, 3.63) is 23.3 Å². The first-order valence-electron chi connectivity index (χ1n) is 7.23. The molecule has 0 amide bonds. The third-order valence-corrected chi connectivity index (χ3v) is 4.05. The maximum Gasteiger partial charge on any atom is 0.126 e. The predicted molar refractivity (Wildman–Crippen MR) is 78.2 cm³/mol. The Morgan fingerprint density at radius 2 is 1.89 bits per heavy atom. The predicted octanol–water partition coefficient (Wildman–Crippen LogP) is 2.81. The number of piperidine rings is 1. The van der Waals surface area contributed by atoms with Crippen LogP contribution in [0, 0.1) is 5.92 Å². The molecule has 0 bridgehead atoms. The molecular formula is C16H25NO2. The molecule has 0 saturated carbocycles. The van der Waals surface area contributed by atoms with Gasteiger partial charge in [0.05, 0.1) is 14.2 Å². The fourth-order valence-electron chi connectivity index (χ4n) is 2.96. The van der Waals surface area contributed by atoms with E-state index in [9.17, 15) is 0 Å². The third-order valence-electron chi connectivity index (χ3n) is 4.05. The highest BCUT2D eigenvalue weighted by molar-refractivity contribution is 5.47. The molecule has 3 nitrogen and oxygen atoms in total. The van der Waals surface area contributed by atoms with E-state index in [2.05, 4.69) is 18.3 Å². The lowest BCUT2D eigenvalue weighted by atomic mass is 9.88. The fraction of sp³-hybridized carbons (Fsp3) is 0.625. The lowest BCUT2D eigenvalue weighted by molar-refractivity contribution is 0.366. The molecule has 1 aliphatic heterocycles. The molecule has 1 heterocycles. The van der Waals surface area contributed by atoms with Crippen molar-refractivity contribution in [3.8, 4) is 11.5 Å². The lowest BCUT2D eigenvalue weighted by Crippen LogP contribution is -2.28. The van der Waals surface area contributed by atoms with E-state index in [-0.39, 0.29) is 0 Å². The van der Waals surface area contributed by atoms with E-state index in [0.717, 1.165) is 43.3 Å². The summed E-state index contributed by atoms with van der Waals surface area (Å²) in [6, 6.07) is 4.17. The van der Waals surface area contributed by atoms with Crippen LogP contribution in [0.1, 0.15) is 30.9 Å². The monoisotopic (exact) mass is 263 g/mol. The average Bonchev–Trinajstić information content (AvgIpc) is 2.47. The van der Waals surface area contributed by atoms with Crippen molar-refractivity contribution in [2.75, 3.05) is 27.3 Å². The molecule has 1 N–H and O–H groups in total. The molecule has 106 valence electrons. The molecule has 1 aromatic rings. The van der Waals surface area contributed by atoms with Gasteiger partial charge in [0, 0.05) is 6.07 Å². The van der Waals surface area contributed by atoms with Crippen LogP contribution in [0.15, 0.2) is 12.1 Å². The van der Waals surface area contributed by atoms with E-state index in [1.54, 1.807) is 14.2 Å². The number of benzene rings is 1. The third kappa shape index (κ3) is 3.41. The maximum atomic E-state index is 5.52. The Hall–Kier alpha value is -1.22. The van der Waals surface area contributed by atoms with Crippen molar-refractivity contribution >= 4 is 0 Å². The molecule has 0 aliphatic carbocycles. The Labute approximate surface area is 116 Å². The Kier molecular flexibility index (Phi) is 5.08. The molecule has 1 aliphatic rings.